The van der Waals surface area contributed by atoms with Crippen LogP contribution in [0.3, 0.4) is 0 Å². The predicted octanol–water partition coefficient (Wildman–Crippen LogP) is -0.110. The number of benzene rings is 1. The fourth-order valence-electron chi connectivity index (χ4n) is 0.805. The van der Waals surface area contributed by atoms with E-state index in [0.29, 0.717) is 5.69 Å². The summed E-state index contributed by atoms with van der Waals surface area (Å²) in [6, 6.07) is 6.02. The third-order valence-electron chi connectivity index (χ3n) is 1.34. The maximum absolute atomic E-state index is 10.3. The summed E-state index contributed by atoms with van der Waals surface area (Å²) in [5.41, 5.74) is 7.68. The van der Waals surface area contributed by atoms with Crippen molar-refractivity contribution >= 4 is 11.4 Å². The molecule has 0 heterocycles. The van der Waals surface area contributed by atoms with Crippen molar-refractivity contribution in [2.24, 2.45) is 5.84 Å². The lowest BCUT2D eigenvalue weighted by Crippen LogP contribution is -2.41. The number of nitrogens with one attached hydrogen (secondary N) is 3. The molecule has 1 aromatic rings. The minimum Gasteiger partial charge on any atom is -0.307 e. The van der Waals surface area contributed by atoms with Crippen LogP contribution in [0, 0.1) is 10.1 Å². The van der Waals surface area contributed by atoms with Crippen LogP contribution in [0.5, 0.6) is 0 Å². The lowest BCUT2D eigenvalue weighted by Gasteiger charge is -2.05. The molecule has 0 bridgehead atoms. The highest BCUT2D eigenvalue weighted by Gasteiger charge is 2.04. The summed E-state index contributed by atoms with van der Waals surface area (Å²) in [5.74, 6) is 4.92. The Morgan fingerprint density at radius 2 is 2.23 bits per heavy atom. The van der Waals surface area contributed by atoms with Crippen LogP contribution in [0.4, 0.5) is 11.4 Å². The molecular formula is C6H9N5O2. The highest BCUT2D eigenvalue weighted by atomic mass is 16.6. The van der Waals surface area contributed by atoms with Crippen molar-refractivity contribution in [3.05, 3.63) is 34.4 Å². The molecule has 0 unspecified atom stereocenters. The summed E-state index contributed by atoms with van der Waals surface area (Å²) in [7, 11) is 0. The first-order valence-electron chi connectivity index (χ1n) is 3.45. The lowest BCUT2D eigenvalue weighted by atomic mass is 10.3. The Labute approximate surface area is 74.0 Å². The number of hydrazine groups is 3. The molecule has 7 heteroatoms. The topological polar surface area (TPSA) is 105 Å². The summed E-state index contributed by atoms with van der Waals surface area (Å²) in [5, 5.41) is 10.3. The van der Waals surface area contributed by atoms with Gasteiger partial charge in [-0.2, -0.15) is 11.1 Å². The van der Waals surface area contributed by atoms with Gasteiger partial charge in [-0.3, -0.25) is 16.0 Å². The molecule has 0 saturated carbocycles. The minimum absolute atomic E-state index is 0.0174. The van der Waals surface area contributed by atoms with Gasteiger partial charge >= 0.3 is 0 Å². The second kappa shape index (κ2) is 4.36. The number of nitro benzene ring substituents is 1. The molecule has 0 radical (unpaired) electrons. The van der Waals surface area contributed by atoms with Crippen LogP contribution in [0.25, 0.3) is 0 Å². The van der Waals surface area contributed by atoms with E-state index < -0.39 is 4.92 Å². The van der Waals surface area contributed by atoms with E-state index in [2.05, 4.69) is 16.5 Å². The van der Waals surface area contributed by atoms with Crippen LogP contribution >= 0.6 is 0 Å². The molecule has 1 rings (SSSR count). The van der Waals surface area contributed by atoms with Crippen LogP contribution in [0.15, 0.2) is 24.3 Å². The molecule has 0 aliphatic heterocycles. The Morgan fingerprint density at radius 1 is 1.46 bits per heavy atom. The van der Waals surface area contributed by atoms with Crippen LogP contribution in [0.2, 0.25) is 0 Å². The van der Waals surface area contributed by atoms with E-state index in [4.69, 9.17) is 5.84 Å². The Morgan fingerprint density at radius 3 is 2.85 bits per heavy atom. The second-order valence-corrected chi connectivity index (χ2v) is 2.20. The van der Waals surface area contributed by atoms with Crippen molar-refractivity contribution in [1.82, 2.24) is 11.1 Å². The second-order valence-electron chi connectivity index (χ2n) is 2.20. The third kappa shape index (κ3) is 2.67. The van der Waals surface area contributed by atoms with Gasteiger partial charge in [-0.1, -0.05) is 6.07 Å². The van der Waals surface area contributed by atoms with Gasteiger partial charge in [-0.25, -0.2) is 0 Å². The van der Waals surface area contributed by atoms with Gasteiger partial charge in [0.2, 0.25) is 0 Å². The molecule has 0 aliphatic carbocycles. The molecule has 0 fully saturated rings. The van der Waals surface area contributed by atoms with Crippen LogP contribution in [-0.4, -0.2) is 4.92 Å². The summed E-state index contributed by atoms with van der Waals surface area (Å²) < 4.78 is 0. The van der Waals surface area contributed by atoms with E-state index in [0.717, 1.165) is 0 Å². The van der Waals surface area contributed by atoms with Gasteiger partial charge in [0.25, 0.3) is 5.69 Å². The molecule has 7 nitrogen and oxygen atoms in total. The van der Waals surface area contributed by atoms with Crippen molar-refractivity contribution in [1.29, 1.82) is 0 Å². The Kier molecular flexibility index (Phi) is 3.15. The summed E-state index contributed by atoms with van der Waals surface area (Å²) in [4.78, 5) is 9.87. The van der Waals surface area contributed by atoms with Gasteiger partial charge in [0.05, 0.1) is 10.6 Å². The van der Waals surface area contributed by atoms with Gasteiger partial charge in [-0.05, 0) is 6.07 Å². The van der Waals surface area contributed by atoms with E-state index >= 15 is 0 Å². The summed E-state index contributed by atoms with van der Waals surface area (Å²) >= 11 is 0. The zero-order valence-corrected chi connectivity index (χ0v) is 6.65. The van der Waals surface area contributed by atoms with E-state index in [9.17, 15) is 10.1 Å². The predicted molar refractivity (Wildman–Crippen MR) is 47.2 cm³/mol. The van der Waals surface area contributed by atoms with Crippen molar-refractivity contribution in [3.8, 4) is 0 Å². The van der Waals surface area contributed by atoms with Crippen molar-refractivity contribution in [3.63, 3.8) is 0 Å². The molecule has 13 heavy (non-hydrogen) atoms. The normalized spacial score (nSPS) is 9.62. The maximum Gasteiger partial charge on any atom is 0.271 e. The largest absolute Gasteiger partial charge is 0.307 e. The number of hydrogen-bond donors (Lipinski definition) is 4. The number of non-ortho nitro benzene ring substituents is 1. The van der Waals surface area contributed by atoms with Crippen molar-refractivity contribution in [2.75, 3.05) is 5.43 Å². The van der Waals surface area contributed by atoms with Crippen LogP contribution in [0.1, 0.15) is 0 Å². The number of nitrogens with two attached hydrogens (primary N) is 1. The van der Waals surface area contributed by atoms with Crippen LogP contribution < -0.4 is 22.3 Å². The van der Waals surface area contributed by atoms with Crippen LogP contribution in [-0.2, 0) is 0 Å². The maximum atomic E-state index is 10.3. The number of rotatable bonds is 4. The monoisotopic (exact) mass is 183 g/mol. The first kappa shape index (κ1) is 9.39. The lowest BCUT2D eigenvalue weighted by molar-refractivity contribution is -0.384. The summed E-state index contributed by atoms with van der Waals surface area (Å²) in [6.07, 6.45) is 0. The molecular weight excluding hydrogens is 174 g/mol. The van der Waals surface area contributed by atoms with Gasteiger partial charge in [-0.15, -0.1) is 0 Å². The molecule has 0 spiro atoms. The fraction of sp³-hybridized carbons (Fsp3) is 0. The fourth-order valence-corrected chi connectivity index (χ4v) is 0.805. The van der Waals surface area contributed by atoms with E-state index in [1.165, 1.54) is 12.1 Å². The third-order valence-corrected chi connectivity index (χ3v) is 1.34. The first-order chi connectivity index (χ1) is 6.24. The molecule has 0 aromatic heterocycles. The van der Waals surface area contributed by atoms with Crippen molar-refractivity contribution in [2.45, 2.75) is 0 Å². The number of anilines is 1. The number of nitrogens with zero attached hydrogens (tertiary/aromatic N) is 1. The molecule has 1 aromatic carbocycles. The summed E-state index contributed by atoms with van der Waals surface area (Å²) in [6.45, 7) is 0. The Bertz CT molecular complexity index is 303. The van der Waals surface area contributed by atoms with Gasteiger partial charge in [0, 0.05) is 12.1 Å². The minimum atomic E-state index is -0.471. The highest BCUT2D eigenvalue weighted by Crippen LogP contribution is 2.15. The van der Waals surface area contributed by atoms with E-state index in [1.54, 1.807) is 12.1 Å². The first-order valence-corrected chi connectivity index (χ1v) is 3.45. The average Bonchev–Trinajstić information content (AvgIpc) is 2.15. The van der Waals surface area contributed by atoms with Crippen molar-refractivity contribution < 1.29 is 4.92 Å². The van der Waals surface area contributed by atoms with E-state index in [1.807, 2.05) is 0 Å². The quantitative estimate of drug-likeness (QED) is 0.295. The SMILES string of the molecule is NNNNc1cccc([N+](=O)[O-])c1. The highest BCUT2D eigenvalue weighted by molar-refractivity contribution is 5.50. The zero-order chi connectivity index (χ0) is 9.68. The number of nitro groups is 1. The average molecular weight is 183 g/mol. The molecule has 0 atom stereocenters. The molecule has 0 aliphatic rings. The number of hydrogen-bond acceptors (Lipinski definition) is 6. The van der Waals surface area contributed by atoms with Gasteiger partial charge < -0.3 is 5.43 Å². The van der Waals surface area contributed by atoms with E-state index in [-0.39, 0.29) is 5.69 Å². The zero-order valence-electron chi connectivity index (χ0n) is 6.65. The molecule has 70 valence electrons. The smallest absolute Gasteiger partial charge is 0.271 e. The van der Waals surface area contributed by atoms with Gasteiger partial charge in [0.1, 0.15) is 0 Å². The molecule has 0 amide bonds. The standard InChI is InChI=1S/C6H9N5O2/c7-9-10-8-5-2-1-3-6(4-5)11(12)13/h1-4,8-10H,7H2. The molecule has 0 saturated heterocycles. The molecule has 5 N–H and O–H groups in total. The van der Waals surface area contributed by atoms with Gasteiger partial charge in [0.15, 0.2) is 0 Å². The Hall–Kier alpha value is -1.70. The Balaban J connectivity index is 2.73.